The second kappa shape index (κ2) is 5.27. The summed E-state index contributed by atoms with van der Waals surface area (Å²) in [4.78, 5) is 26.3. The van der Waals surface area contributed by atoms with Gasteiger partial charge in [0, 0.05) is 6.20 Å². The van der Waals surface area contributed by atoms with Crippen molar-refractivity contribution in [1.82, 2.24) is 9.55 Å². The standard InChI is InChI=1S/C12H7F3N2O4/c13-12(14,15)21-9-4-2-1-3-8(9)17-6-16-5-7(10(17)18)11(19)20/h1-6H,(H,19,20). The van der Waals surface area contributed by atoms with Gasteiger partial charge in [-0.1, -0.05) is 12.1 Å². The van der Waals surface area contributed by atoms with Gasteiger partial charge in [-0.2, -0.15) is 0 Å². The minimum absolute atomic E-state index is 0.268. The first kappa shape index (κ1) is 14.6. The smallest absolute Gasteiger partial charge is 0.477 e. The first-order valence-electron chi connectivity index (χ1n) is 5.44. The fourth-order valence-electron chi connectivity index (χ4n) is 1.60. The number of aromatic nitrogens is 2. The van der Waals surface area contributed by atoms with Crippen molar-refractivity contribution in [3.8, 4) is 11.4 Å². The number of halogens is 3. The topological polar surface area (TPSA) is 81.4 Å². The number of para-hydroxylation sites is 2. The molecule has 0 fully saturated rings. The third-order valence-corrected chi connectivity index (χ3v) is 2.42. The van der Waals surface area contributed by atoms with Gasteiger partial charge in [0.15, 0.2) is 5.75 Å². The van der Waals surface area contributed by atoms with Crippen LogP contribution in [0.4, 0.5) is 13.2 Å². The molecule has 0 saturated heterocycles. The Bertz CT molecular complexity index is 740. The van der Waals surface area contributed by atoms with Crippen molar-refractivity contribution >= 4 is 5.97 Å². The van der Waals surface area contributed by atoms with Gasteiger partial charge in [0.25, 0.3) is 5.56 Å². The van der Waals surface area contributed by atoms with Gasteiger partial charge in [0.05, 0.1) is 5.69 Å². The zero-order chi connectivity index (χ0) is 15.6. The fraction of sp³-hybridized carbons (Fsp3) is 0.0833. The zero-order valence-corrected chi connectivity index (χ0v) is 10.2. The number of hydrogen-bond acceptors (Lipinski definition) is 4. The number of hydrogen-bond donors (Lipinski definition) is 1. The van der Waals surface area contributed by atoms with Gasteiger partial charge in [-0.3, -0.25) is 9.36 Å². The minimum Gasteiger partial charge on any atom is -0.477 e. The molecule has 0 aliphatic carbocycles. The van der Waals surface area contributed by atoms with Crippen LogP contribution in [0.2, 0.25) is 0 Å². The molecule has 6 nitrogen and oxygen atoms in total. The Morgan fingerprint density at radius 1 is 1.29 bits per heavy atom. The summed E-state index contributed by atoms with van der Waals surface area (Å²) in [5.74, 6) is -2.17. The van der Waals surface area contributed by atoms with Crippen LogP contribution in [0, 0.1) is 0 Å². The van der Waals surface area contributed by atoms with E-state index in [-0.39, 0.29) is 5.69 Å². The molecule has 0 bridgehead atoms. The van der Waals surface area contributed by atoms with Gasteiger partial charge in [-0.15, -0.1) is 13.2 Å². The Labute approximate surface area is 115 Å². The van der Waals surface area contributed by atoms with E-state index in [2.05, 4.69) is 9.72 Å². The monoisotopic (exact) mass is 300 g/mol. The maximum absolute atomic E-state index is 12.3. The van der Waals surface area contributed by atoms with Crippen LogP contribution in [0.15, 0.2) is 41.6 Å². The van der Waals surface area contributed by atoms with Gasteiger partial charge < -0.3 is 9.84 Å². The molecular weight excluding hydrogens is 293 g/mol. The Morgan fingerprint density at radius 3 is 2.57 bits per heavy atom. The van der Waals surface area contributed by atoms with E-state index in [9.17, 15) is 22.8 Å². The van der Waals surface area contributed by atoms with Crippen LogP contribution in [-0.4, -0.2) is 27.0 Å². The average molecular weight is 300 g/mol. The molecule has 0 saturated carbocycles. The fourth-order valence-corrected chi connectivity index (χ4v) is 1.60. The van der Waals surface area contributed by atoms with Gasteiger partial charge in [-0.05, 0) is 12.1 Å². The third-order valence-electron chi connectivity index (χ3n) is 2.42. The van der Waals surface area contributed by atoms with Crippen molar-refractivity contribution < 1.29 is 27.8 Å². The SMILES string of the molecule is O=C(O)c1cncn(-c2ccccc2OC(F)(F)F)c1=O. The summed E-state index contributed by atoms with van der Waals surface area (Å²) < 4.78 is 41.5. The number of alkyl halides is 3. The van der Waals surface area contributed by atoms with E-state index in [0.29, 0.717) is 4.57 Å². The van der Waals surface area contributed by atoms with Crippen LogP contribution in [-0.2, 0) is 0 Å². The molecule has 1 N–H and O–H groups in total. The minimum atomic E-state index is -4.95. The number of carboxylic acids is 1. The summed E-state index contributed by atoms with van der Waals surface area (Å²) in [6, 6.07) is 4.83. The molecule has 2 aromatic rings. The first-order valence-corrected chi connectivity index (χ1v) is 5.44. The first-order chi connectivity index (χ1) is 9.79. The summed E-state index contributed by atoms with van der Waals surface area (Å²) in [6.45, 7) is 0. The van der Waals surface area contributed by atoms with E-state index >= 15 is 0 Å². The van der Waals surface area contributed by atoms with E-state index in [4.69, 9.17) is 5.11 Å². The molecule has 0 unspecified atom stereocenters. The highest BCUT2D eigenvalue weighted by Gasteiger charge is 2.32. The predicted molar refractivity (Wildman–Crippen MR) is 63.5 cm³/mol. The Hall–Kier alpha value is -2.84. The molecule has 1 heterocycles. The van der Waals surface area contributed by atoms with Crippen molar-refractivity contribution in [2.24, 2.45) is 0 Å². The molecule has 110 valence electrons. The van der Waals surface area contributed by atoms with Crippen molar-refractivity contribution in [2.75, 3.05) is 0 Å². The van der Waals surface area contributed by atoms with Gasteiger partial charge in [0.2, 0.25) is 0 Å². The van der Waals surface area contributed by atoms with Crippen LogP contribution in [0.1, 0.15) is 10.4 Å². The van der Waals surface area contributed by atoms with Crippen LogP contribution in [0.3, 0.4) is 0 Å². The summed E-state index contributed by atoms with van der Waals surface area (Å²) in [5.41, 5.74) is -1.95. The number of carboxylic acid groups (broad SMARTS) is 1. The molecule has 0 radical (unpaired) electrons. The summed E-state index contributed by atoms with van der Waals surface area (Å²) in [6.07, 6.45) is -3.22. The molecule has 0 amide bonds. The lowest BCUT2D eigenvalue weighted by atomic mass is 10.2. The second-order valence-electron chi connectivity index (χ2n) is 3.80. The van der Waals surface area contributed by atoms with Gasteiger partial charge in [0.1, 0.15) is 11.9 Å². The molecular formula is C12H7F3N2O4. The highest BCUT2D eigenvalue weighted by molar-refractivity contribution is 5.86. The van der Waals surface area contributed by atoms with Crippen molar-refractivity contribution in [3.05, 3.63) is 52.7 Å². The molecule has 0 spiro atoms. The van der Waals surface area contributed by atoms with Crippen LogP contribution in [0.25, 0.3) is 5.69 Å². The summed E-state index contributed by atoms with van der Waals surface area (Å²) >= 11 is 0. The quantitative estimate of drug-likeness (QED) is 0.935. The van der Waals surface area contributed by atoms with Crippen LogP contribution in [0.5, 0.6) is 5.75 Å². The molecule has 21 heavy (non-hydrogen) atoms. The third kappa shape index (κ3) is 3.19. The molecule has 0 aliphatic rings. The predicted octanol–water partition coefficient (Wildman–Crippen LogP) is 1.83. The Kier molecular flexibility index (Phi) is 3.66. The number of rotatable bonds is 3. The summed E-state index contributed by atoms with van der Waals surface area (Å²) in [7, 11) is 0. The number of carbonyl (C=O) groups is 1. The van der Waals surface area contributed by atoms with E-state index in [0.717, 1.165) is 18.6 Å². The number of nitrogens with zero attached hydrogens (tertiary/aromatic N) is 2. The van der Waals surface area contributed by atoms with Crippen LogP contribution >= 0.6 is 0 Å². The maximum atomic E-state index is 12.3. The lowest BCUT2D eigenvalue weighted by Crippen LogP contribution is -2.26. The molecule has 0 aliphatic heterocycles. The number of ether oxygens (including phenoxy) is 1. The Balaban J connectivity index is 2.61. The lowest BCUT2D eigenvalue weighted by molar-refractivity contribution is -0.274. The highest BCUT2D eigenvalue weighted by atomic mass is 19.4. The van der Waals surface area contributed by atoms with Crippen molar-refractivity contribution in [1.29, 1.82) is 0 Å². The van der Waals surface area contributed by atoms with Gasteiger partial charge >= 0.3 is 12.3 Å². The average Bonchev–Trinajstić information content (AvgIpc) is 2.38. The van der Waals surface area contributed by atoms with E-state index in [1.54, 1.807) is 0 Å². The van der Waals surface area contributed by atoms with Crippen LogP contribution < -0.4 is 10.3 Å². The van der Waals surface area contributed by atoms with E-state index < -0.39 is 29.2 Å². The van der Waals surface area contributed by atoms with E-state index in [1.807, 2.05) is 0 Å². The molecule has 1 aromatic heterocycles. The zero-order valence-electron chi connectivity index (χ0n) is 10.2. The molecule has 2 rings (SSSR count). The van der Waals surface area contributed by atoms with Gasteiger partial charge in [-0.25, -0.2) is 9.78 Å². The molecule has 9 heteroatoms. The largest absolute Gasteiger partial charge is 0.573 e. The normalized spacial score (nSPS) is 11.2. The van der Waals surface area contributed by atoms with Crippen molar-refractivity contribution in [3.63, 3.8) is 0 Å². The molecule has 0 atom stereocenters. The van der Waals surface area contributed by atoms with Crippen molar-refractivity contribution in [2.45, 2.75) is 6.36 Å². The second-order valence-corrected chi connectivity index (χ2v) is 3.80. The number of aromatic carboxylic acids is 1. The summed E-state index contributed by atoms with van der Waals surface area (Å²) in [5, 5.41) is 8.83. The lowest BCUT2D eigenvalue weighted by Gasteiger charge is -2.14. The number of benzene rings is 1. The highest BCUT2D eigenvalue weighted by Crippen LogP contribution is 2.27. The molecule has 1 aromatic carbocycles. The Morgan fingerprint density at radius 2 is 1.95 bits per heavy atom. The maximum Gasteiger partial charge on any atom is 0.573 e. The van der Waals surface area contributed by atoms with E-state index in [1.165, 1.54) is 18.2 Å².